The predicted molar refractivity (Wildman–Crippen MR) is 87.4 cm³/mol. The van der Waals surface area contributed by atoms with Gasteiger partial charge in [-0.2, -0.15) is 0 Å². The summed E-state index contributed by atoms with van der Waals surface area (Å²) in [6.45, 7) is 4.46. The molecule has 0 saturated carbocycles. The number of aliphatic hydroxyl groups is 1. The number of rotatable bonds is 4. The molecule has 0 fully saturated rings. The third-order valence-corrected chi connectivity index (χ3v) is 4.99. The lowest BCUT2D eigenvalue weighted by atomic mass is 9.91. The number of aliphatic hydroxyl groups excluding tert-OH is 1. The van der Waals surface area contributed by atoms with E-state index in [9.17, 15) is 5.11 Å². The van der Waals surface area contributed by atoms with Crippen molar-refractivity contribution in [3.8, 4) is 0 Å². The Labute approximate surface area is 127 Å². The number of benzene rings is 2. The Morgan fingerprint density at radius 1 is 0.952 bits per heavy atom. The molecule has 110 valence electrons. The van der Waals surface area contributed by atoms with Gasteiger partial charge in [-0.1, -0.05) is 62.4 Å². The summed E-state index contributed by atoms with van der Waals surface area (Å²) in [7, 11) is 0. The summed E-state index contributed by atoms with van der Waals surface area (Å²) in [4.78, 5) is 0. The molecule has 1 nitrogen and oxygen atoms in total. The second-order valence-corrected chi connectivity index (χ2v) is 6.36. The smallest absolute Gasteiger partial charge is 0.0824 e. The highest BCUT2D eigenvalue weighted by atomic mass is 16.3. The van der Waals surface area contributed by atoms with E-state index < -0.39 is 0 Å². The van der Waals surface area contributed by atoms with E-state index in [1.54, 1.807) is 0 Å². The number of hydrogen-bond acceptors (Lipinski definition) is 1. The van der Waals surface area contributed by atoms with Crippen molar-refractivity contribution in [3.63, 3.8) is 0 Å². The molecule has 0 radical (unpaired) electrons. The van der Waals surface area contributed by atoms with Gasteiger partial charge in [-0.15, -0.1) is 0 Å². The first-order valence-corrected chi connectivity index (χ1v) is 8.03. The fraction of sp³-hybridized carbons (Fsp3) is 0.400. The molecular formula is C20H24O. The highest BCUT2D eigenvalue weighted by molar-refractivity contribution is 5.34. The maximum atomic E-state index is 10.7. The van der Waals surface area contributed by atoms with E-state index >= 15 is 0 Å². The van der Waals surface area contributed by atoms with Gasteiger partial charge in [-0.05, 0) is 53.4 Å². The fourth-order valence-electron chi connectivity index (χ4n) is 3.35. The molecule has 2 aromatic carbocycles. The molecule has 0 bridgehead atoms. The molecule has 2 unspecified atom stereocenters. The third kappa shape index (κ3) is 2.89. The largest absolute Gasteiger partial charge is 0.388 e. The van der Waals surface area contributed by atoms with Gasteiger partial charge in [0, 0.05) is 0 Å². The molecule has 1 aliphatic carbocycles. The van der Waals surface area contributed by atoms with Crippen molar-refractivity contribution in [2.75, 3.05) is 0 Å². The van der Waals surface area contributed by atoms with E-state index in [1.165, 1.54) is 16.7 Å². The van der Waals surface area contributed by atoms with Gasteiger partial charge in [0.15, 0.2) is 0 Å². The second-order valence-electron chi connectivity index (χ2n) is 6.36. The van der Waals surface area contributed by atoms with E-state index in [0.717, 1.165) is 24.8 Å². The van der Waals surface area contributed by atoms with E-state index in [2.05, 4.69) is 62.4 Å². The average molecular weight is 280 g/mol. The van der Waals surface area contributed by atoms with Crippen LogP contribution in [0.5, 0.6) is 0 Å². The van der Waals surface area contributed by atoms with Crippen LogP contribution in [0.3, 0.4) is 0 Å². The molecular weight excluding hydrogens is 256 g/mol. The number of hydrogen-bond donors (Lipinski definition) is 1. The molecule has 1 aliphatic rings. The summed E-state index contributed by atoms with van der Waals surface area (Å²) in [6.07, 6.45) is 2.78. The van der Waals surface area contributed by atoms with Crippen molar-refractivity contribution >= 4 is 0 Å². The lowest BCUT2D eigenvalue weighted by molar-refractivity contribution is 0.113. The molecule has 1 N–H and O–H groups in total. The van der Waals surface area contributed by atoms with Gasteiger partial charge in [-0.25, -0.2) is 0 Å². The molecule has 2 atom stereocenters. The van der Waals surface area contributed by atoms with E-state index in [4.69, 9.17) is 0 Å². The minimum Gasteiger partial charge on any atom is -0.388 e. The average Bonchev–Trinajstić information content (AvgIpc) is 2.97. The van der Waals surface area contributed by atoms with Crippen LogP contribution in [0, 0.1) is 5.92 Å². The maximum Gasteiger partial charge on any atom is 0.0824 e. The second kappa shape index (κ2) is 6.03. The van der Waals surface area contributed by atoms with E-state index in [0.29, 0.717) is 11.8 Å². The van der Waals surface area contributed by atoms with E-state index in [1.807, 2.05) is 0 Å². The molecule has 0 aliphatic heterocycles. The Balaban J connectivity index is 1.73. The molecule has 21 heavy (non-hydrogen) atoms. The Morgan fingerprint density at radius 2 is 1.48 bits per heavy atom. The molecule has 1 heteroatoms. The molecule has 0 amide bonds. The minimum atomic E-state index is -0.358. The predicted octanol–water partition coefficient (Wildman–Crippen LogP) is 4.65. The zero-order valence-electron chi connectivity index (χ0n) is 12.9. The van der Waals surface area contributed by atoms with Crippen LogP contribution in [-0.4, -0.2) is 5.11 Å². The topological polar surface area (TPSA) is 20.2 Å². The lowest BCUT2D eigenvalue weighted by Crippen LogP contribution is -2.13. The van der Waals surface area contributed by atoms with Crippen LogP contribution in [0.1, 0.15) is 54.5 Å². The third-order valence-electron chi connectivity index (χ3n) is 4.99. The van der Waals surface area contributed by atoms with Crippen molar-refractivity contribution in [2.24, 2.45) is 5.92 Å². The molecule has 0 heterocycles. The van der Waals surface area contributed by atoms with Gasteiger partial charge in [0.2, 0.25) is 0 Å². The normalized spacial score (nSPS) is 17.5. The summed E-state index contributed by atoms with van der Waals surface area (Å²) < 4.78 is 0. The monoisotopic (exact) mass is 280 g/mol. The van der Waals surface area contributed by atoms with Crippen LogP contribution >= 0.6 is 0 Å². The van der Waals surface area contributed by atoms with Gasteiger partial charge in [0.1, 0.15) is 0 Å². The first-order chi connectivity index (χ1) is 10.2. The van der Waals surface area contributed by atoms with Crippen LogP contribution in [0.4, 0.5) is 0 Å². The molecule has 0 aromatic heterocycles. The number of fused-ring (bicyclic) bond motifs is 1. The van der Waals surface area contributed by atoms with Crippen molar-refractivity contribution < 1.29 is 5.11 Å². The van der Waals surface area contributed by atoms with Crippen molar-refractivity contribution in [2.45, 2.75) is 45.1 Å². The minimum absolute atomic E-state index is 0.317. The van der Waals surface area contributed by atoms with Crippen molar-refractivity contribution in [3.05, 3.63) is 70.8 Å². The van der Waals surface area contributed by atoms with Gasteiger partial charge in [-0.3, -0.25) is 0 Å². The first-order valence-electron chi connectivity index (χ1n) is 8.03. The Bertz CT molecular complexity index is 574. The zero-order chi connectivity index (χ0) is 14.8. The van der Waals surface area contributed by atoms with Crippen LogP contribution in [0.2, 0.25) is 0 Å². The summed E-state index contributed by atoms with van der Waals surface area (Å²) in [5, 5.41) is 10.7. The maximum absolute atomic E-state index is 10.7. The first kappa shape index (κ1) is 14.3. The Hall–Kier alpha value is -1.60. The Morgan fingerprint density at radius 3 is 2.00 bits per heavy atom. The van der Waals surface area contributed by atoms with Crippen LogP contribution in [0.25, 0.3) is 0 Å². The SMILES string of the molecule is CCC(C)c1ccc(C(O)C2Cc3ccccc3C2)cc1. The fourth-order valence-corrected chi connectivity index (χ4v) is 3.35. The van der Waals surface area contributed by atoms with Gasteiger partial charge in [0.25, 0.3) is 0 Å². The van der Waals surface area contributed by atoms with Gasteiger partial charge >= 0.3 is 0 Å². The molecule has 2 aromatic rings. The van der Waals surface area contributed by atoms with Crippen LogP contribution in [-0.2, 0) is 12.8 Å². The molecule has 0 spiro atoms. The summed E-state index contributed by atoms with van der Waals surface area (Å²) in [5.74, 6) is 0.906. The van der Waals surface area contributed by atoms with Crippen LogP contribution in [0.15, 0.2) is 48.5 Å². The lowest BCUT2D eigenvalue weighted by Gasteiger charge is -2.19. The molecule has 3 rings (SSSR count). The highest BCUT2D eigenvalue weighted by Crippen LogP contribution is 2.35. The van der Waals surface area contributed by atoms with Gasteiger partial charge < -0.3 is 5.11 Å². The molecule has 0 saturated heterocycles. The Kier molecular flexibility index (Phi) is 4.12. The van der Waals surface area contributed by atoms with Crippen molar-refractivity contribution in [1.82, 2.24) is 0 Å². The van der Waals surface area contributed by atoms with E-state index in [-0.39, 0.29) is 6.10 Å². The standard InChI is InChI=1S/C20H24O/c1-3-14(2)15-8-10-16(11-9-15)20(21)19-12-17-6-4-5-7-18(17)13-19/h4-11,14,19-21H,3,12-13H2,1-2H3. The quantitative estimate of drug-likeness (QED) is 0.864. The summed E-state index contributed by atoms with van der Waals surface area (Å²) in [5.41, 5.74) is 5.22. The van der Waals surface area contributed by atoms with Crippen molar-refractivity contribution in [1.29, 1.82) is 0 Å². The highest BCUT2D eigenvalue weighted by Gasteiger charge is 2.28. The van der Waals surface area contributed by atoms with Crippen LogP contribution < -0.4 is 0 Å². The summed E-state index contributed by atoms with van der Waals surface area (Å²) >= 11 is 0. The zero-order valence-corrected chi connectivity index (χ0v) is 12.9. The van der Waals surface area contributed by atoms with Gasteiger partial charge in [0.05, 0.1) is 6.10 Å². The summed E-state index contributed by atoms with van der Waals surface area (Å²) in [6, 6.07) is 17.1.